The maximum Gasteiger partial charge on any atom is 0.322 e. The van der Waals surface area contributed by atoms with Crippen molar-refractivity contribution in [3.8, 4) is 0 Å². The third kappa shape index (κ3) is 3.13. The molecule has 0 spiro atoms. The normalized spacial score (nSPS) is 22.1. The Labute approximate surface area is 126 Å². The summed E-state index contributed by atoms with van der Waals surface area (Å²) in [5.74, 6) is 0. The van der Waals surface area contributed by atoms with E-state index in [9.17, 15) is 15.0 Å². The van der Waals surface area contributed by atoms with E-state index in [2.05, 4.69) is 21.2 Å². The van der Waals surface area contributed by atoms with Gasteiger partial charge in [0, 0.05) is 16.7 Å². The second-order valence-electron chi connectivity index (χ2n) is 5.23. The maximum absolute atomic E-state index is 12.2. The van der Waals surface area contributed by atoms with Crippen molar-refractivity contribution in [1.82, 2.24) is 4.90 Å². The molecule has 1 fully saturated rings. The van der Waals surface area contributed by atoms with Gasteiger partial charge in [0.1, 0.15) is 0 Å². The largest absolute Gasteiger partial charge is 0.394 e. The van der Waals surface area contributed by atoms with Gasteiger partial charge in [0.15, 0.2) is 0 Å². The molecule has 3 N–H and O–H groups in total. The molecule has 6 heteroatoms. The summed E-state index contributed by atoms with van der Waals surface area (Å²) in [5, 5.41) is 21.7. The number of carbonyl (C=O) groups is 1. The molecule has 1 aromatic rings. The number of halogens is 1. The lowest BCUT2D eigenvalue weighted by atomic mass is 10.1. The molecule has 5 nitrogen and oxygen atoms in total. The third-order valence-electron chi connectivity index (χ3n) is 3.55. The Hall–Kier alpha value is -1.11. The lowest BCUT2D eigenvalue weighted by molar-refractivity contribution is 0.164. The predicted molar refractivity (Wildman–Crippen MR) is 80.8 cm³/mol. The Balaban J connectivity index is 2.12. The first-order valence-electron chi connectivity index (χ1n) is 6.55. The average molecular weight is 343 g/mol. The molecule has 1 saturated heterocycles. The first-order valence-corrected chi connectivity index (χ1v) is 7.35. The number of likely N-dealkylation sites (tertiary alicyclic amines) is 1. The number of β-amino-alcohol motifs (C(OH)–C–C–N with tert-alkyl or cyclic N) is 1. The van der Waals surface area contributed by atoms with Gasteiger partial charge in [0.2, 0.25) is 0 Å². The van der Waals surface area contributed by atoms with Crippen LogP contribution in [0, 0.1) is 13.8 Å². The van der Waals surface area contributed by atoms with E-state index in [1.165, 1.54) is 4.90 Å². The van der Waals surface area contributed by atoms with Crippen LogP contribution >= 0.6 is 15.9 Å². The van der Waals surface area contributed by atoms with E-state index in [0.717, 1.165) is 15.6 Å². The summed E-state index contributed by atoms with van der Waals surface area (Å²) in [6.45, 7) is 4.04. The van der Waals surface area contributed by atoms with Crippen molar-refractivity contribution in [1.29, 1.82) is 0 Å². The van der Waals surface area contributed by atoms with Crippen LogP contribution in [0.25, 0.3) is 0 Å². The zero-order chi connectivity index (χ0) is 14.9. The van der Waals surface area contributed by atoms with Crippen LogP contribution in [0.15, 0.2) is 16.6 Å². The molecule has 20 heavy (non-hydrogen) atoms. The van der Waals surface area contributed by atoms with Gasteiger partial charge in [-0.3, -0.25) is 0 Å². The summed E-state index contributed by atoms with van der Waals surface area (Å²) in [6.07, 6.45) is -0.145. The molecule has 110 valence electrons. The fourth-order valence-electron chi connectivity index (χ4n) is 2.53. The minimum Gasteiger partial charge on any atom is -0.394 e. The van der Waals surface area contributed by atoms with Crippen LogP contribution in [-0.2, 0) is 0 Å². The number of nitrogens with zero attached hydrogens (tertiary/aromatic N) is 1. The number of aliphatic hydroxyl groups is 2. The predicted octanol–water partition coefficient (Wildman–Crippen LogP) is 2.03. The molecule has 2 amide bonds. The Bertz CT molecular complexity index is 498. The van der Waals surface area contributed by atoms with Gasteiger partial charge in [-0.1, -0.05) is 15.9 Å². The van der Waals surface area contributed by atoms with Crippen molar-refractivity contribution in [2.24, 2.45) is 0 Å². The van der Waals surface area contributed by atoms with Gasteiger partial charge in [0.05, 0.1) is 18.8 Å². The van der Waals surface area contributed by atoms with E-state index >= 15 is 0 Å². The summed E-state index contributed by atoms with van der Waals surface area (Å²) < 4.78 is 1.03. The van der Waals surface area contributed by atoms with Gasteiger partial charge in [-0.2, -0.15) is 0 Å². The number of hydrogen-bond acceptors (Lipinski definition) is 3. The van der Waals surface area contributed by atoms with E-state index in [0.29, 0.717) is 12.1 Å². The van der Waals surface area contributed by atoms with Crippen molar-refractivity contribution >= 4 is 27.6 Å². The van der Waals surface area contributed by atoms with Gasteiger partial charge >= 0.3 is 6.03 Å². The quantitative estimate of drug-likeness (QED) is 0.769. The summed E-state index contributed by atoms with van der Waals surface area (Å²) in [6, 6.07) is 3.16. The lowest BCUT2D eigenvalue weighted by Crippen LogP contribution is -2.40. The number of benzene rings is 1. The minimum absolute atomic E-state index is 0.136. The monoisotopic (exact) mass is 342 g/mol. The molecule has 2 rings (SSSR count). The van der Waals surface area contributed by atoms with Crippen LogP contribution in [0.4, 0.5) is 10.5 Å². The van der Waals surface area contributed by atoms with E-state index in [4.69, 9.17) is 0 Å². The highest BCUT2D eigenvalue weighted by atomic mass is 79.9. The number of anilines is 1. The number of urea groups is 1. The summed E-state index contributed by atoms with van der Waals surface area (Å²) in [5.41, 5.74) is 2.80. The Morgan fingerprint density at radius 1 is 1.45 bits per heavy atom. The van der Waals surface area contributed by atoms with Crippen molar-refractivity contribution in [3.05, 3.63) is 27.7 Å². The molecule has 2 atom stereocenters. The van der Waals surface area contributed by atoms with E-state index in [-0.39, 0.29) is 25.2 Å². The number of hydrogen-bond donors (Lipinski definition) is 3. The Morgan fingerprint density at radius 2 is 2.05 bits per heavy atom. The number of nitrogens with one attached hydrogen (secondary N) is 1. The van der Waals surface area contributed by atoms with Gasteiger partial charge in [0.25, 0.3) is 0 Å². The molecular formula is C14H19BrN2O3. The number of aliphatic hydroxyl groups excluding tert-OH is 2. The molecule has 0 aliphatic carbocycles. The molecule has 0 radical (unpaired) electrons. The Kier molecular flexibility index (Phi) is 4.67. The first kappa shape index (κ1) is 15.3. The van der Waals surface area contributed by atoms with E-state index < -0.39 is 6.10 Å². The molecule has 1 aliphatic heterocycles. The second-order valence-corrected chi connectivity index (χ2v) is 6.03. The molecule has 0 aromatic heterocycles. The molecular weight excluding hydrogens is 324 g/mol. The van der Waals surface area contributed by atoms with Crippen molar-refractivity contribution in [3.63, 3.8) is 0 Å². The zero-order valence-corrected chi connectivity index (χ0v) is 13.1. The highest BCUT2D eigenvalue weighted by Gasteiger charge is 2.33. The van der Waals surface area contributed by atoms with Crippen LogP contribution in [-0.4, -0.2) is 46.4 Å². The van der Waals surface area contributed by atoms with Crippen LogP contribution in [0.1, 0.15) is 17.5 Å². The SMILES string of the molecule is Cc1cc(NC(=O)N2C[C@@H](O)C[C@H]2CO)cc(C)c1Br. The molecule has 0 saturated carbocycles. The summed E-state index contributed by atoms with van der Waals surface area (Å²) >= 11 is 3.49. The van der Waals surface area contributed by atoms with Crippen molar-refractivity contribution < 1.29 is 15.0 Å². The van der Waals surface area contributed by atoms with Crippen LogP contribution in [0.5, 0.6) is 0 Å². The molecule has 0 bridgehead atoms. The highest BCUT2D eigenvalue weighted by molar-refractivity contribution is 9.10. The second kappa shape index (κ2) is 6.11. The molecule has 1 heterocycles. The lowest BCUT2D eigenvalue weighted by Gasteiger charge is -2.23. The number of rotatable bonds is 2. The number of aryl methyl sites for hydroxylation is 2. The van der Waals surface area contributed by atoms with Crippen LogP contribution < -0.4 is 5.32 Å². The average Bonchev–Trinajstić information content (AvgIpc) is 2.77. The van der Waals surface area contributed by atoms with Gasteiger partial charge in [-0.15, -0.1) is 0 Å². The van der Waals surface area contributed by atoms with Crippen molar-refractivity contribution in [2.45, 2.75) is 32.4 Å². The summed E-state index contributed by atoms with van der Waals surface area (Å²) in [4.78, 5) is 13.7. The zero-order valence-electron chi connectivity index (χ0n) is 11.6. The molecule has 1 aromatic carbocycles. The van der Waals surface area contributed by atoms with Gasteiger partial charge < -0.3 is 20.4 Å². The van der Waals surface area contributed by atoms with Gasteiger partial charge in [-0.25, -0.2) is 4.79 Å². The molecule has 1 aliphatic rings. The van der Waals surface area contributed by atoms with E-state index in [1.807, 2.05) is 26.0 Å². The smallest absolute Gasteiger partial charge is 0.322 e. The number of carbonyl (C=O) groups excluding carboxylic acids is 1. The first-order chi connectivity index (χ1) is 9.42. The topological polar surface area (TPSA) is 72.8 Å². The maximum atomic E-state index is 12.2. The number of amides is 2. The van der Waals surface area contributed by atoms with Crippen LogP contribution in [0.3, 0.4) is 0 Å². The van der Waals surface area contributed by atoms with Crippen LogP contribution in [0.2, 0.25) is 0 Å². The summed E-state index contributed by atoms with van der Waals surface area (Å²) in [7, 11) is 0. The van der Waals surface area contributed by atoms with E-state index in [1.54, 1.807) is 0 Å². The van der Waals surface area contributed by atoms with Crippen molar-refractivity contribution in [2.75, 3.05) is 18.5 Å². The minimum atomic E-state index is -0.564. The fourth-order valence-corrected chi connectivity index (χ4v) is 2.76. The molecule has 0 unspecified atom stereocenters. The van der Waals surface area contributed by atoms with Gasteiger partial charge in [-0.05, 0) is 43.5 Å². The highest BCUT2D eigenvalue weighted by Crippen LogP contribution is 2.26. The fraction of sp³-hybridized carbons (Fsp3) is 0.500. The third-order valence-corrected chi connectivity index (χ3v) is 4.80. The standard InChI is InChI=1S/C14H19BrN2O3/c1-8-3-10(4-9(2)13(8)15)16-14(20)17-6-12(19)5-11(17)7-18/h3-4,11-12,18-19H,5-7H2,1-2H3,(H,16,20)/t11-,12-/m0/s1. The Morgan fingerprint density at radius 3 is 2.60 bits per heavy atom.